The molecule has 140 valence electrons. The zero-order valence-electron chi connectivity index (χ0n) is 16.6. The largest absolute Gasteiger partial charge is 0.380 e. The predicted octanol–water partition coefficient (Wildman–Crippen LogP) is 5.62. The van der Waals surface area contributed by atoms with Crippen LogP contribution in [0.15, 0.2) is 81.3 Å². The molecule has 3 nitrogen and oxygen atoms in total. The Morgan fingerprint density at radius 2 is 2.00 bits per heavy atom. The van der Waals surface area contributed by atoms with E-state index in [2.05, 4.69) is 28.5 Å². The summed E-state index contributed by atoms with van der Waals surface area (Å²) in [5, 5.41) is 3.31. The Balaban J connectivity index is 2.98. The molecule has 1 N–H and O–H groups in total. The van der Waals surface area contributed by atoms with Gasteiger partial charge in [0.15, 0.2) is 0 Å². The molecular formula is C22H30FN3. The monoisotopic (exact) mass is 355 g/mol. The molecule has 0 unspecified atom stereocenters. The summed E-state index contributed by atoms with van der Waals surface area (Å²) >= 11 is 0. The molecule has 0 bridgehead atoms. The lowest BCUT2D eigenvalue weighted by Crippen LogP contribution is -2.22. The summed E-state index contributed by atoms with van der Waals surface area (Å²) in [5.74, 6) is 0.515. The average molecular weight is 356 g/mol. The molecule has 0 saturated heterocycles. The van der Waals surface area contributed by atoms with Gasteiger partial charge in [0.1, 0.15) is 11.7 Å². The van der Waals surface area contributed by atoms with Crippen molar-refractivity contribution in [3.63, 3.8) is 0 Å². The van der Waals surface area contributed by atoms with E-state index in [1.54, 1.807) is 6.92 Å². The quantitative estimate of drug-likeness (QED) is 0.359. The number of nitrogens with one attached hydrogen (secondary N) is 1. The van der Waals surface area contributed by atoms with E-state index in [1.807, 2.05) is 45.9 Å². The van der Waals surface area contributed by atoms with Crippen LogP contribution < -0.4 is 5.32 Å². The number of rotatable bonds is 7. The fraction of sp³-hybridized carbons (Fsp3) is 0.364. The molecule has 0 saturated carbocycles. The minimum Gasteiger partial charge on any atom is -0.380 e. The summed E-state index contributed by atoms with van der Waals surface area (Å²) in [6.45, 7) is 18.9. The maximum absolute atomic E-state index is 13.6. The van der Waals surface area contributed by atoms with Crippen molar-refractivity contribution in [3.8, 4) is 0 Å². The van der Waals surface area contributed by atoms with Crippen LogP contribution in [0.2, 0.25) is 0 Å². The molecule has 0 atom stereocenters. The van der Waals surface area contributed by atoms with Gasteiger partial charge in [0.2, 0.25) is 0 Å². The smallest absolute Gasteiger partial charge is 0.125 e. The standard InChI is InChI=1S/C22H30FN3/c1-8-24-19(7)26-22(13-16(4)15(2)3)18(6)25-14-20-10-9-11-21(23)17(5)12-20/h9,11-13,25H,2,6,8,10,14H2,1,3-5,7H3/b16-13+,24-19?,26-22?. The van der Waals surface area contributed by atoms with Gasteiger partial charge in [-0.15, -0.1) is 0 Å². The van der Waals surface area contributed by atoms with E-state index < -0.39 is 0 Å². The fourth-order valence-corrected chi connectivity index (χ4v) is 2.27. The molecule has 0 spiro atoms. The second-order valence-corrected chi connectivity index (χ2v) is 6.40. The van der Waals surface area contributed by atoms with Gasteiger partial charge in [0, 0.05) is 13.1 Å². The van der Waals surface area contributed by atoms with Crippen LogP contribution >= 0.6 is 0 Å². The van der Waals surface area contributed by atoms with Crippen LogP contribution in [0.25, 0.3) is 0 Å². The molecule has 1 aliphatic rings. The van der Waals surface area contributed by atoms with E-state index in [0.29, 0.717) is 36.6 Å². The van der Waals surface area contributed by atoms with Crippen molar-refractivity contribution in [3.05, 3.63) is 71.3 Å². The molecule has 1 rings (SSSR count). The summed E-state index contributed by atoms with van der Waals surface area (Å²) in [5.41, 5.74) is 5.17. The molecule has 0 amide bonds. The maximum Gasteiger partial charge on any atom is 0.125 e. The van der Waals surface area contributed by atoms with Gasteiger partial charge in [-0.05, 0) is 69.9 Å². The molecule has 0 aromatic heterocycles. The van der Waals surface area contributed by atoms with Crippen LogP contribution in [-0.2, 0) is 0 Å². The molecule has 0 aliphatic heterocycles. The predicted molar refractivity (Wildman–Crippen MR) is 112 cm³/mol. The van der Waals surface area contributed by atoms with Gasteiger partial charge in [-0.1, -0.05) is 30.9 Å². The summed E-state index contributed by atoms with van der Waals surface area (Å²) < 4.78 is 13.6. The van der Waals surface area contributed by atoms with E-state index in [9.17, 15) is 4.39 Å². The first-order valence-electron chi connectivity index (χ1n) is 8.84. The second kappa shape index (κ2) is 10.5. The second-order valence-electron chi connectivity index (χ2n) is 6.40. The van der Waals surface area contributed by atoms with Gasteiger partial charge in [-0.25, -0.2) is 9.38 Å². The Kier molecular flexibility index (Phi) is 8.70. The molecule has 4 heteroatoms. The lowest BCUT2D eigenvalue weighted by molar-refractivity contribution is 0.658. The summed E-state index contributed by atoms with van der Waals surface area (Å²) in [7, 11) is 0. The Labute approximate surface area is 157 Å². The number of aliphatic imine (C=N–C) groups is 2. The van der Waals surface area contributed by atoms with Crippen molar-refractivity contribution < 1.29 is 4.39 Å². The SMILES string of the molecule is C=C(NCC1=CC(C)=C(F)C=CC1)C(/C=C(\C)C(=C)C)=NC(C)=NCC. The van der Waals surface area contributed by atoms with Crippen LogP contribution in [0.5, 0.6) is 0 Å². The first-order valence-corrected chi connectivity index (χ1v) is 8.84. The molecule has 0 aromatic carbocycles. The van der Waals surface area contributed by atoms with E-state index in [1.165, 1.54) is 6.08 Å². The average Bonchev–Trinajstić information content (AvgIpc) is 2.73. The van der Waals surface area contributed by atoms with Gasteiger partial charge in [0.05, 0.1) is 11.4 Å². The van der Waals surface area contributed by atoms with Crippen molar-refractivity contribution in [1.82, 2.24) is 5.32 Å². The zero-order chi connectivity index (χ0) is 19.7. The Morgan fingerprint density at radius 3 is 2.62 bits per heavy atom. The first-order chi connectivity index (χ1) is 12.2. The molecule has 26 heavy (non-hydrogen) atoms. The third-order valence-corrected chi connectivity index (χ3v) is 3.98. The highest BCUT2D eigenvalue weighted by molar-refractivity contribution is 6.13. The number of hydrogen-bond donors (Lipinski definition) is 1. The van der Waals surface area contributed by atoms with Crippen LogP contribution in [0.3, 0.4) is 0 Å². The highest BCUT2D eigenvalue weighted by Crippen LogP contribution is 2.18. The topological polar surface area (TPSA) is 36.8 Å². The van der Waals surface area contributed by atoms with Crippen molar-refractivity contribution in [1.29, 1.82) is 0 Å². The lowest BCUT2D eigenvalue weighted by Gasteiger charge is -2.13. The molecule has 0 heterocycles. The number of amidine groups is 1. The minimum atomic E-state index is -0.188. The van der Waals surface area contributed by atoms with Gasteiger partial charge in [0.25, 0.3) is 0 Å². The van der Waals surface area contributed by atoms with Gasteiger partial charge >= 0.3 is 0 Å². The Morgan fingerprint density at radius 1 is 1.31 bits per heavy atom. The number of nitrogens with zero attached hydrogens (tertiary/aromatic N) is 2. The summed E-state index contributed by atoms with van der Waals surface area (Å²) in [4.78, 5) is 8.90. The Bertz CT molecular complexity index is 743. The zero-order valence-corrected chi connectivity index (χ0v) is 16.6. The van der Waals surface area contributed by atoms with Gasteiger partial charge in [-0.3, -0.25) is 4.99 Å². The number of allylic oxidation sites excluding steroid dienone is 8. The fourth-order valence-electron chi connectivity index (χ4n) is 2.27. The van der Waals surface area contributed by atoms with Crippen LogP contribution in [0, 0.1) is 0 Å². The number of hydrogen-bond acceptors (Lipinski definition) is 2. The van der Waals surface area contributed by atoms with Crippen LogP contribution in [0.1, 0.15) is 41.0 Å². The molecule has 0 radical (unpaired) electrons. The maximum atomic E-state index is 13.6. The lowest BCUT2D eigenvalue weighted by atomic mass is 10.1. The molecule has 0 fully saturated rings. The first kappa shape index (κ1) is 21.6. The van der Waals surface area contributed by atoms with Crippen molar-refractivity contribution in [2.75, 3.05) is 13.1 Å². The summed E-state index contributed by atoms with van der Waals surface area (Å²) in [6.07, 6.45) is 7.89. The van der Waals surface area contributed by atoms with E-state index >= 15 is 0 Å². The third kappa shape index (κ3) is 7.18. The third-order valence-electron chi connectivity index (χ3n) is 3.98. The van der Waals surface area contributed by atoms with Crippen molar-refractivity contribution >= 4 is 11.5 Å². The minimum absolute atomic E-state index is 0.188. The highest BCUT2D eigenvalue weighted by atomic mass is 19.1. The Hall–Kier alpha value is -2.49. The van der Waals surface area contributed by atoms with Gasteiger partial charge < -0.3 is 5.32 Å². The normalized spacial score (nSPS) is 16.4. The van der Waals surface area contributed by atoms with Crippen LogP contribution in [-0.4, -0.2) is 24.6 Å². The van der Waals surface area contributed by atoms with Gasteiger partial charge in [-0.2, -0.15) is 0 Å². The summed E-state index contributed by atoms with van der Waals surface area (Å²) in [6, 6.07) is 0. The van der Waals surface area contributed by atoms with E-state index in [4.69, 9.17) is 0 Å². The van der Waals surface area contributed by atoms with Crippen LogP contribution in [0.4, 0.5) is 4.39 Å². The number of halogens is 1. The van der Waals surface area contributed by atoms with Crippen molar-refractivity contribution in [2.45, 2.75) is 41.0 Å². The molecular weight excluding hydrogens is 325 g/mol. The van der Waals surface area contributed by atoms with E-state index in [-0.39, 0.29) is 5.83 Å². The molecule has 0 aromatic rings. The molecule has 1 aliphatic carbocycles. The van der Waals surface area contributed by atoms with E-state index in [0.717, 1.165) is 22.4 Å². The van der Waals surface area contributed by atoms with Crippen molar-refractivity contribution in [2.24, 2.45) is 9.98 Å². The highest BCUT2D eigenvalue weighted by Gasteiger charge is 2.08.